The molecule has 0 saturated heterocycles. The molecular formula is C22H25ClN2O. The molecule has 0 aliphatic heterocycles. The quantitative estimate of drug-likeness (QED) is 0.567. The molecular weight excluding hydrogens is 344 g/mol. The highest BCUT2D eigenvalue weighted by Crippen LogP contribution is 2.34. The molecule has 4 heteroatoms. The normalized spacial score (nSPS) is 12.5. The fourth-order valence-electron chi connectivity index (χ4n) is 3.53. The number of amides is 1. The summed E-state index contributed by atoms with van der Waals surface area (Å²) < 4.78 is 0. The Hall–Kier alpha value is -2.26. The molecule has 1 heterocycles. The first kappa shape index (κ1) is 18.5. The zero-order chi connectivity index (χ0) is 18.5. The largest absolute Gasteiger partial charge is 0.361 e. The SMILES string of the molecule is CCC(CC)C(=O)NC[C@H](c1ccccc1Cl)c1c[nH]c2ccccc12. The van der Waals surface area contributed by atoms with E-state index in [0.29, 0.717) is 6.54 Å². The van der Waals surface area contributed by atoms with E-state index < -0.39 is 0 Å². The van der Waals surface area contributed by atoms with Crippen LogP contribution in [0.3, 0.4) is 0 Å². The van der Waals surface area contributed by atoms with Crippen molar-refractivity contribution in [3.63, 3.8) is 0 Å². The van der Waals surface area contributed by atoms with Crippen molar-refractivity contribution in [3.8, 4) is 0 Å². The van der Waals surface area contributed by atoms with Crippen molar-refractivity contribution in [2.45, 2.75) is 32.6 Å². The predicted octanol–water partition coefficient (Wildman–Crippen LogP) is 5.51. The standard InChI is InChI=1S/C22H25ClN2O/c1-3-15(4-2)22(26)25-14-18(16-9-5-7-11-20(16)23)19-13-24-21-12-8-6-10-17(19)21/h5-13,15,18,24H,3-4,14H2,1-2H3,(H,25,26)/t18-/m1/s1. The van der Waals surface area contributed by atoms with Crippen LogP contribution in [0.1, 0.15) is 43.7 Å². The average molecular weight is 369 g/mol. The molecule has 1 atom stereocenters. The van der Waals surface area contributed by atoms with Gasteiger partial charge in [-0.15, -0.1) is 0 Å². The lowest BCUT2D eigenvalue weighted by atomic mass is 9.90. The molecule has 1 aromatic heterocycles. The summed E-state index contributed by atoms with van der Waals surface area (Å²) in [5.74, 6) is 0.176. The van der Waals surface area contributed by atoms with E-state index in [0.717, 1.165) is 39.9 Å². The lowest BCUT2D eigenvalue weighted by Crippen LogP contribution is -2.33. The van der Waals surface area contributed by atoms with E-state index in [-0.39, 0.29) is 17.7 Å². The lowest BCUT2D eigenvalue weighted by molar-refractivity contribution is -0.125. The van der Waals surface area contributed by atoms with Crippen LogP contribution in [-0.2, 0) is 4.79 Å². The summed E-state index contributed by atoms with van der Waals surface area (Å²) >= 11 is 6.50. The van der Waals surface area contributed by atoms with Crippen molar-refractivity contribution in [2.24, 2.45) is 5.92 Å². The molecule has 0 aliphatic carbocycles. The minimum atomic E-state index is -0.00170. The van der Waals surface area contributed by atoms with Crippen molar-refractivity contribution in [2.75, 3.05) is 6.54 Å². The second kappa shape index (κ2) is 8.41. The third-order valence-electron chi connectivity index (χ3n) is 5.11. The third-order valence-corrected chi connectivity index (χ3v) is 5.46. The Morgan fingerprint density at radius 1 is 1.04 bits per heavy atom. The van der Waals surface area contributed by atoms with Gasteiger partial charge in [-0.25, -0.2) is 0 Å². The number of benzene rings is 2. The molecule has 1 amide bonds. The highest BCUT2D eigenvalue weighted by atomic mass is 35.5. The van der Waals surface area contributed by atoms with Gasteiger partial charge in [-0.3, -0.25) is 4.79 Å². The highest BCUT2D eigenvalue weighted by Gasteiger charge is 2.22. The molecule has 2 aromatic carbocycles. The fraction of sp³-hybridized carbons (Fsp3) is 0.318. The maximum absolute atomic E-state index is 12.5. The van der Waals surface area contributed by atoms with Gasteiger partial charge in [0.2, 0.25) is 5.91 Å². The first-order valence-corrected chi connectivity index (χ1v) is 9.61. The first-order chi connectivity index (χ1) is 12.7. The number of aromatic amines is 1. The Morgan fingerprint density at radius 3 is 2.46 bits per heavy atom. The van der Waals surface area contributed by atoms with E-state index in [1.807, 2.05) is 42.6 Å². The van der Waals surface area contributed by atoms with Gasteiger partial charge in [0.05, 0.1) is 0 Å². The highest BCUT2D eigenvalue weighted by molar-refractivity contribution is 6.31. The number of halogens is 1. The van der Waals surface area contributed by atoms with Crippen molar-refractivity contribution in [1.82, 2.24) is 10.3 Å². The summed E-state index contributed by atoms with van der Waals surface area (Å²) in [5.41, 5.74) is 3.27. The van der Waals surface area contributed by atoms with Crippen LogP contribution in [0.2, 0.25) is 5.02 Å². The van der Waals surface area contributed by atoms with Crippen LogP contribution in [-0.4, -0.2) is 17.4 Å². The first-order valence-electron chi connectivity index (χ1n) is 9.23. The number of nitrogens with one attached hydrogen (secondary N) is 2. The summed E-state index contributed by atoms with van der Waals surface area (Å²) in [4.78, 5) is 15.8. The minimum absolute atomic E-state index is 0.00170. The van der Waals surface area contributed by atoms with Crippen molar-refractivity contribution in [1.29, 1.82) is 0 Å². The monoisotopic (exact) mass is 368 g/mol. The zero-order valence-corrected chi connectivity index (χ0v) is 16.0. The van der Waals surface area contributed by atoms with Gasteiger partial charge in [0.15, 0.2) is 0 Å². The number of carbonyl (C=O) groups is 1. The Kier molecular flexibility index (Phi) is 6.00. The Morgan fingerprint density at radius 2 is 1.73 bits per heavy atom. The lowest BCUT2D eigenvalue weighted by Gasteiger charge is -2.21. The van der Waals surface area contributed by atoms with E-state index in [1.54, 1.807) is 0 Å². The molecule has 0 saturated carbocycles. The summed E-state index contributed by atoms with van der Waals surface area (Å²) in [6, 6.07) is 16.1. The van der Waals surface area contributed by atoms with E-state index in [2.05, 4.69) is 36.3 Å². The fourth-order valence-corrected chi connectivity index (χ4v) is 3.80. The molecule has 0 aliphatic rings. The summed E-state index contributed by atoms with van der Waals surface area (Å²) in [6.07, 6.45) is 3.74. The van der Waals surface area contributed by atoms with Gasteiger partial charge >= 0.3 is 0 Å². The van der Waals surface area contributed by atoms with Crippen molar-refractivity contribution < 1.29 is 4.79 Å². The van der Waals surface area contributed by atoms with Crippen LogP contribution in [0.4, 0.5) is 0 Å². The molecule has 3 nitrogen and oxygen atoms in total. The van der Waals surface area contributed by atoms with Gasteiger partial charge in [-0.1, -0.05) is 61.8 Å². The van der Waals surface area contributed by atoms with Crippen LogP contribution in [0.5, 0.6) is 0 Å². The van der Waals surface area contributed by atoms with Gasteiger partial charge in [-0.05, 0) is 36.1 Å². The number of rotatable bonds is 7. The smallest absolute Gasteiger partial charge is 0.223 e. The van der Waals surface area contributed by atoms with E-state index in [9.17, 15) is 4.79 Å². The summed E-state index contributed by atoms with van der Waals surface area (Å²) in [6.45, 7) is 4.64. The van der Waals surface area contributed by atoms with Crippen molar-refractivity contribution in [3.05, 3.63) is 70.9 Å². The van der Waals surface area contributed by atoms with Crippen molar-refractivity contribution >= 4 is 28.4 Å². The molecule has 0 unspecified atom stereocenters. The number of aromatic nitrogens is 1. The van der Waals surface area contributed by atoms with Gasteiger partial charge in [0, 0.05) is 40.5 Å². The van der Waals surface area contributed by atoms with Crippen LogP contribution in [0, 0.1) is 5.92 Å². The second-order valence-corrected chi connectivity index (χ2v) is 7.03. The van der Waals surface area contributed by atoms with Gasteiger partial charge in [0.1, 0.15) is 0 Å². The zero-order valence-electron chi connectivity index (χ0n) is 15.3. The average Bonchev–Trinajstić information content (AvgIpc) is 3.08. The molecule has 3 aromatic rings. The maximum atomic E-state index is 12.5. The van der Waals surface area contributed by atoms with Gasteiger partial charge in [0.25, 0.3) is 0 Å². The van der Waals surface area contributed by atoms with E-state index >= 15 is 0 Å². The van der Waals surface area contributed by atoms with Gasteiger partial charge < -0.3 is 10.3 Å². The third kappa shape index (κ3) is 3.78. The minimum Gasteiger partial charge on any atom is -0.361 e. The van der Waals surface area contributed by atoms with Crippen LogP contribution in [0.25, 0.3) is 10.9 Å². The topological polar surface area (TPSA) is 44.9 Å². The Bertz CT molecular complexity index is 882. The number of hydrogen-bond acceptors (Lipinski definition) is 1. The summed E-state index contributed by atoms with van der Waals surface area (Å²) in [7, 11) is 0. The molecule has 3 rings (SSSR count). The van der Waals surface area contributed by atoms with E-state index in [1.165, 1.54) is 0 Å². The van der Waals surface area contributed by atoms with Crippen LogP contribution >= 0.6 is 11.6 Å². The van der Waals surface area contributed by atoms with Crippen LogP contribution in [0.15, 0.2) is 54.7 Å². The Balaban J connectivity index is 1.95. The molecule has 0 fully saturated rings. The number of hydrogen-bond donors (Lipinski definition) is 2. The number of fused-ring (bicyclic) bond motifs is 1. The molecule has 0 bridgehead atoms. The number of H-pyrrole nitrogens is 1. The van der Waals surface area contributed by atoms with Gasteiger partial charge in [-0.2, -0.15) is 0 Å². The number of carbonyl (C=O) groups excluding carboxylic acids is 1. The Labute approximate surface area is 159 Å². The summed E-state index contributed by atoms with van der Waals surface area (Å²) in [5, 5.41) is 5.04. The second-order valence-electron chi connectivity index (χ2n) is 6.62. The van der Waals surface area contributed by atoms with E-state index in [4.69, 9.17) is 11.6 Å². The molecule has 2 N–H and O–H groups in total. The number of para-hydroxylation sites is 1. The molecule has 136 valence electrons. The maximum Gasteiger partial charge on any atom is 0.223 e. The molecule has 26 heavy (non-hydrogen) atoms. The predicted molar refractivity (Wildman–Crippen MR) is 109 cm³/mol. The van der Waals surface area contributed by atoms with Crippen LogP contribution < -0.4 is 5.32 Å². The molecule has 0 radical (unpaired) electrons. The molecule has 0 spiro atoms.